The molecule has 20 heavy (non-hydrogen) atoms. The molecule has 2 heterocycles. The lowest BCUT2D eigenvalue weighted by Gasteiger charge is -2.36. The number of nitrogens with zero attached hydrogens (tertiary/aromatic N) is 2. The SMILES string of the molecule is C[C@@H]1CCCN([C@H](C)CNS(=O)(=O)N2CCOCC2)C1. The van der Waals surface area contributed by atoms with Gasteiger partial charge in [0.05, 0.1) is 13.2 Å². The van der Waals surface area contributed by atoms with Crippen LogP contribution in [-0.4, -0.2) is 69.6 Å². The Morgan fingerprint density at radius 2 is 2.00 bits per heavy atom. The van der Waals surface area contributed by atoms with Gasteiger partial charge >= 0.3 is 0 Å². The van der Waals surface area contributed by atoms with Gasteiger partial charge in [0.25, 0.3) is 10.2 Å². The van der Waals surface area contributed by atoms with Gasteiger partial charge in [-0.25, -0.2) is 4.72 Å². The molecule has 2 rings (SSSR count). The predicted molar refractivity (Wildman–Crippen MR) is 78.7 cm³/mol. The molecule has 0 aliphatic carbocycles. The van der Waals surface area contributed by atoms with Crippen molar-refractivity contribution in [2.45, 2.75) is 32.7 Å². The maximum Gasteiger partial charge on any atom is 0.279 e. The fourth-order valence-electron chi connectivity index (χ4n) is 2.86. The van der Waals surface area contributed by atoms with E-state index in [2.05, 4.69) is 23.5 Å². The molecular weight excluding hydrogens is 278 g/mol. The zero-order chi connectivity index (χ0) is 14.6. The average molecular weight is 305 g/mol. The fraction of sp³-hybridized carbons (Fsp3) is 1.00. The average Bonchev–Trinajstić information content (AvgIpc) is 2.46. The Bertz CT molecular complexity index is 396. The van der Waals surface area contributed by atoms with Gasteiger partial charge in [0.15, 0.2) is 0 Å². The second-order valence-corrected chi connectivity index (χ2v) is 7.71. The highest BCUT2D eigenvalue weighted by molar-refractivity contribution is 7.87. The number of hydrogen-bond donors (Lipinski definition) is 1. The van der Waals surface area contributed by atoms with Crippen molar-refractivity contribution in [1.82, 2.24) is 13.9 Å². The van der Waals surface area contributed by atoms with Crippen molar-refractivity contribution in [2.24, 2.45) is 5.92 Å². The van der Waals surface area contributed by atoms with Gasteiger partial charge in [0.2, 0.25) is 0 Å². The minimum absolute atomic E-state index is 0.244. The number of ether oxygens (including phenoxy) is 1. The summed E-state index contributed by atoms with van der Waals surface area (Å²) in [4.78, 5) is 2.38. The number of likely N-dealkylation sites (tertiary alicyclic amines) is 1. The summed E-state index contributed by atoms with van der Waals surface area (Å²) in [6, 6.07) is 0.244. The summed E-state index contributed by atoms with van der Waals surface area (Å²) in [5, 5.41) is 0. The highest BCUT2D eigenvalue weighted by atomic mass is 32.2. The highest BCUT2D eigenvalue weighted by Gasteiger charge is 2.26. The molecule has 118 valence electrons. The summed E-state index contributed by atoms with van der Waals surface area (Å²) in [5.41, 5.74) is 0. The first kappa shape index (κ1) is 16.2. The van der Waals surface area contributed by atoms with E-state index in [9.17, 15) is 8.42 Å². The largest absolute Gasteiger partial charge is 0.379 e. The second kappa shape index (κ2) is 7.17. The number of piperidine rings is 1. The van der Waals surface area contributed by atoms with Gasteiger partial charge < -0.3 is 4.74 Å². The Labute approximate surface area is 122 Å². The first-order chi connectivity index (χ1) is 9.49. The number of morpholine rings is 1. The molecule has 1 N–H and O–H groups in total. The summed E-state index contributed by atoms with van der Waals surface area (Å²) in [5.74, 6) is 0.710. The van der Waals surface area contributed by atoms with Gasteiger partial charge in [0.1, 0.15) is 0 Å². The van der Waals surface area contributed by atoms with Crippen LogP contribution in [0.25, 0.3) is 0 Å². The fourth-order valence-corrected chi connectivity index (χ4v) is 4.12. The normalized spacial score (nSPS) is 28.4. The lowest BCUT2D eigenvalue weighted by atomic mass is 9.99. The van der Waals surface area contributed by atoms with Crippen LogP contribution in [0.3, 0.4) is 0 Å². The summed E-state index contributed by atoms with van der Waals surface area (Å²) in [7, 11) is -3.35. The molecule has 0 unspecified atom stereocenters. The molecule has 0 saturated carbocycles. The van der Waals surface area contributed by atoms with Crippen LogP contribution in [0.1, 0.15) is 26.7 Å². The van der Waals surface area contributed by atoms with E-state index in [1.54, 1.807) is 0 Å². The monoisotopic (exact) mass is 305 g/mol. The maximum atomic E-state index is 12.2. The molecule has 0 radical (unpaired) electrons. The van der Waals surface area contributed by atoms with Gasteiger partial charge in [-0.2, -0.15) is 12.7 Å². The summed E-state index contributed by atoms with van der Waals surface area (Å²) >= 11 is 0. The molecule has 6 nitrogen and oxygen atoms in total. The molecule has 0 aromatic carbocycles. The molecule has 2 aliphatic rings. The van der Waals surface area contributed by atoms with Gasteiger partial charge in [-0.1, -0.05) is 6.92 Å². The van der Waals surface area contributed by atoms with Gasteiger partial charge in [-0.15, -0.1) is 0 Å². The Hall–Kier alpha value is -0.210. The lowest BCUT2D eigenvalue weighted by Crippen LogP contribution is -2.51. The van der Waals surface area contributed by atoms with Crippen LogP contribution < -0.4 is 4.72 Å². The second-order valence-electron chi connectivity index (χ2n) is 5.96. The van der Waals surface area contributed by atoms with Crippen LogP contribution in [0, 0.1) is 5.92 Å². The van der Waals surface area contributed by atoms with Crippen molar-refractivity contribution < 1.29 is 13.2 Å². The zero-order valence-electron chi connectivity index (χ0n) is 12.5. The molecule has 0 bridgehead atoms. The van der Waals surface area contributed by atoms with E-state index in [1.165, 1.54) is 17.1 Å². The van der Waals surface area contributed by atoms with E-state index in [4.69, 9.17) is 4.74 Å². The minimum Gasteiger partial charge on any atom is -0.379 e. The van der Waals surface area contributed by atoms with E-state index < -0.39 is 10.2 Å². The third kappa shape index (κ3) is 4.39. The zero-order valence-corrected chi connectivity index (χ0v) is 13.4. The van der Waals surface area contributed by atoms with Crippen LogP contribution in [0.5, 0.6) is 0 Å². The third-order valence-electron chi connectivity index (χ3n) is 4.18. The number of hydrogen-bond acceptors (Lipinski definition) is 4. The lowest BCUT2D eigenvalue weighted by molar-refractivity contribution is 0.0722. The molecule has 0 aromatic heterocycles. The molecule has 0 aromatic rings. The Balaban J connectivity index is 1.81. The van der Waals surface area contributed by atoms with Crippen LogP contribution in [0.4, 0.5) is 0 Å². The highest BCUT2D eigenvalue weighted by Crippen LogP contribution is 2.17. The third-order valence-corrected chi connectivity index (χ3v) is 5.76. The molecular formula is C13H27N3O3S. The van der Waals surface area contributed by atoms with E-state index in [0.717, 1.165) is 13.1 Å². The molecule has 7 heteroatoms. The van der Waals surface area contributed by atoms with Crippen molar-refractivity contribution in [1.29, 1.82) is 0 Å². The Morgan fingerprint density at radius 3 is 2.65 bits per heavy atom. The summed E-state index contributed by atoms with van der Waals surface area (Å²) < 4.78 is 33.8. The van der Waals surface area contributed by atoms with Crippen molar-refractivity contribution in [3.63, 3.8) is 0 Å². The summed E-state index contributed by atoms with van der Waals surface area (Å²) in [6.07, 6.45) is 2.49. The Kier molecular flexibility index (Phi) is 5.80. The molecule has 2 aliphatic heterocycles. The summed E-state index contributed by atoms with van der Waals surface area (Å²) in [6.45, 7) is 8.85. The van der Waals surface area contributed by atoms with Crippen LogP contribution >= 0.6 is 0 Å². The maximum absolute atomic E-state index is 12.2. The minimum atomic E-state index is -3.35. The van der Waals surface area contributed by atoms with E-state index in [-0.39, 0.29) is 6.04 Å². The number of rotatable bonds is 5. The van der Waals surface area contributed by atoms with Gasteiger partial charge in [-0.05, 0) is 32.2 Å². The van der Waals surface area contributed by atoms with E-state index in [0.29, 0.717) is 38.8 Å². The molecule has 2 atom stereocenters. The van der Waals surface area contributed by atoms with E-state index >= 15 is 0 Å². The Morgan fingerprint density at radius 1 is 1.30 bits per heavy atom. The van der Waals surface area contributed by atoms with Gasteiger partial charge in [-0.3, -0.25) is 4.90 Å². The standard InChI is InChI=1S/C13H27N3O3S/c1-12-4-3-5-15(11-12)13(2)10-14-20(17,18)16-6-8-19-9-7-16/h12-14H,3-11H2,1-2H3/t12-,13-/m1/s1. The molecule has 2 saturated heterocycles. The van der Waals surface area contributed by atoms with Crippen LogP contribution in [-0.2, 0) is 14.9 Å². The predicted octanol–water partition coefficient (Wildman–Crippen LogP) is 0.273. The van der Waals surface area contributed by atoms with Crippen molar-refractivity contribution >= 4 is 10.2 Å². The first-order valence-electron chi connectivity index (χ1n) is 7.55. The first-order valence-corrected chi connectivity index (χ1v) is 8.99. The van der Waals surface area contributed by atoms with Crippen molar-refractivity contribution in [2.75, 3.05) is 45.9 Å². The molecule has 0 amide bonds. The van der Waals surface area contributed by atoms with Crippen molar-refractivity contribution in [3.05, 3.63) is 0 Å². The van der Waals surface area contributed by atoms with Gasteiger partial charge in [0, 0.05) is 32.2 Å². The molecule has 2 fully saturated rings. The quantitative estimate of drug-likeness (QED) is 0.792. The smallest absolute Gasteiger partial charge is 0.279 e. The van der Waals surface area contributed by atoms with Crippen LogP contribution in [0.15, 0.2) is 0 Å². The number of nitrogens with one attached hydrogen (secondary N) is 1. The van der Waals surface area contributed by atoms with Crippen molar-refractivity contribution in [3.8, 4) is 0 Å². The molecule has 0 spiro atoms. The van der Waals surface area contributed by atoms with Crippen LogP contribution in [0.2, 0.25) is 0 Å². The topological polar surface area (TPSA) is 61.9 Å². The van der Waals surface area contributed by atoms with E-state index in [1.807, 2.05) is 0 Å².